The second-order valence-corrected chi connectivity index (χ2v) is 10.6. The number of nitrogens with one attached hydrogen (secondary N) is 1. The minimum Gasteiger partial charge on any atom is -0.363 e. The molecule has 1 aliphatic heterocycles. The van der Waals surface area contributed by atoms with Gasteiger partial charge in [-0.2, -0.15) is 12.7 Å². The van der Waals surface area contributed by atoms with Crippen molar-refractivity contribution in [1.29, 1.82) is 0 Å². The first-order chi connectivity index (χ1) is 17.6. The van der Waals surface area contributed by atoms with Crippen LogP contribution in [0.2, 0.25) is 5.02 Å². The number of alkyl halides is 1. The van der Waals surface area contributed by atoms with Gasteiger partial charge in [0.15, 0.2) is 5.82 Å². The summed E-state index contributed by atoms with van der Waals surface area (Å²) in [5.74, 6) is -3.31. The lowest BCUT2D eigenvalue weighted by atomic mass is 9.91. The molecule has 0 amide bonds. The van der Waals surface area contributed by atoms with E-state index in [-0.39, 0.29) is 30.9 Å². The fraction of sp³-hybridized carbons (Fsp3) is 0.250. The third kappa shape index (κ3) is 4.73. The van der Waals surface area contributed by atoms with E-state index in [1.165, 1.54) is 30.5 Å². The first-order valence-corrected chi connectivity index (χ1v) is 13.0. The lowest BCUT2D eigenvalue weighted by molar-refractivity contribution is -0.106. The van der Waals surface area contributed by atoms with Gasteiger partial charge in [0.1, 0.15) is 18.1 Å². The van der Waals surface area contributed by atoms with Gasteiger partial charge in [0.2, 0.25) is 0 Å². The van der Waals surface area contributed by atoms with Crippen LogP contribution in [0.4, 0.5) is 14.6 Å². The van der Waals surface area contributed by atoms with Gasteiger partial charge in [-0.1, -0.05) is 35.0 Å². The number of hydrogen-bond acceptors (Lipinski definition) is 6. The maximum atomic E-state index is 16.3. The van der Waals surface area contributed by atoms with E-state index in [4.69, 9.17) is 16.3 Å². The smallest absolute Gasteiger partial charge is 0.303 e. The van der Waals surface area contributed by atoms with Crippen molar-refractivity contribution >= 4 is 33.2 Å². The van der Waals surface area contributed by atoms with Gasteiger partial charge in [-0.05, 0) is 35.4 Å². The highest BCUT2D eigenvalue weighted by atomic mass is 35.5. The molecule has 13 heteroatoms. The molecule has 0 radical (unpaired) electrons. The Labute approximate surface area is 215 Å². The standard InChI is InChI=1S/C24H21ClF2N4O5S/c1-35-24(27)13-18(15-3-2-4-17(25)11-15)19(26)12-21(24)31-20-7-9-30(14-16(20)5-6-23(31)32)37(33,34)29-22-8-10-36-28-22/h2-6,8,10-13,21H,7,9,14H2,1H3,(H,28,29). The highest BCUT2D eigenvalue weighted by Gasteiger charge is 2.44. The molecule has 37 heavy (non-hydrogen) atoms. The zero-order chi connectivity index (χ0) is 26.4. The highest BCUT2D eigenvalue weighted by molar-refractivity contribution is 7.90. The average molecular weight is 551 g/mol. The normalized spacial score (nSPS) is 22.2. The highest BCUT2D eigenvalue weighted by Crippen LogP contribution is 2.43. The molecule has 5 rings (SSSR count). The summed E-state index contributed by atoms with van der Waals surface area (Å²) in [5.41, 5.74) is 0.559. The number of rotatable bonds is 6. The van der Waals surface area contributed by atoms with Crippen molar-refractivity contribution in [2.24, 2.45) is 0 Å². The molecule has 1 aliphatic carbocycles. The van der Waals surface area contributed by atoms with Crippen LogP contribution in [0.5, 0.6) is 0 Å². The van der Waals surface area contributed by atoms with E-state index < -0.39 is 33.5 Å². The Balaban J connectivity index is 1.51. The second kappa shape index (κ2) is 9.53. The van der Waals surface area contributed by atoms with Gasteiger partial charge >= 0.3 is 10.2 Å². The van der Waals surface area contributed by atoms with Gasteiger partial charge in [-0.15, -0.1) is 0 Å². The number of methoxy groups -OCH3 is 1. The molecule has 3 aromatic rings. The molecular weight excluding hydrogens is 530 g/mol. The van der Waals surface area contributed by atoms with Crippen LogP contribution in [-0.4, -0.2) is 42.0 Å². The minimum atomic E-state index is -3.99. The Morgan fingerprint density at radius 1 is 1.27 bits per heavy atom. The molecule has 2 atom stereocenters. The van der Waals surface area contributed by atoms with Crippen molar-refractivity contribution in [1.82, 2.24) is 14.0 Å². The minimum absolute atomic E-state index is 0.0155. The molecule has 9 nitrogen and oxygen atoms in total. The lowest BCUT2D eigenvalue weighted by Gasteiger charge is -2.37. The number of benzene rings is 1. The van der Waals surface area contributed by atoms with E-state index in [1.54, 1.807) is 18.2 Å². The molecule has 2 aliphatic rings. The van der Waals surface area contributed by atoms with Crippen LogP contribution in [0.3, 0.4) is 0 Å². The fourth-order valence-electron chi connectivity index (χ4n) is 4.53. The van der Waals surface area contributed by atoms with E-state index in [0.717, 1.165) is 28.1 Å². The van der Waals surface area contributed by atoms with Gasteiger partial charge in [-0.25, -0.2) is 8.78 Å². The summed E-state index contributed by atoms with van der Waals surface area (Å²) in [4.78, 5) is 13.0. The van der Waals surface area contributed by atoms with Gasteiger partial charge < -0.3 is 9.26 Å². The second-order valence-electron chi connectivity index (χ2n) is 8.52. The van der Waals surface area contributed by atoms with Crippen molar-refractivity contribution in [3.05, 3.63) is 98.9 Å². The first-order valence-electron chi connectivity index (χ1n) is 11.1. The largest absolute Gasteiger partial charge is 0.363 e. The van der Waals surface area contributed by atoms with E-state index in [1.807, 2.05) is 0 Å². The molecule has 0 spiro atoms. The molecular formula is C24H21ClF2N4O5S. The lowest BCUT2D eigenvalue weighted by Crippen LogP contribution is -2.45. The van der Waals surface area contributed by atoms with E-state index in [2.05, 4.69) is 14.4 Å². The van der Waals surface area contributed by atoms with Crippen LogP contribution >= 0.6 is 11.6 Å². The predicted molar refractivity (Wildman–Crippen MR) is 132 cm³/mol. The van der Waals surface area contributed by atoms with E-state index in [0.29, 0.717) is 21.8 Å². The molecule has 0 saturated heterocycles. The Kier molecular flexibility index (Phi) is 6.52. The Morgan fingerprint density at radius 3 is 2.78 bits per heavy atom. The number of anilines is 1. The molecule has 0 bridgehead atoms. The number of allylic oxidation sites excluding steroid dienone is 2. The quantitative estimate of drug-likeness (QED) is 0.497. The maximum Gasteiger partial charge on any atom is 0.303 e. The first kappa shape index (κ1) is 25.3. The van der Waals surface area contributed by atoms with Gasteiger partial charge in [0, 0.05) is 55.0 Å². The van der Waals surface area contributed by atoms with Crippen molar-refractivity contribution in [3.63, 3.8) is 0 Å². The Bertz CT molecular complexity index is 1570. The number of fused-ring (bicyclic) bond motifs is 1. The van der Waals surface area contributed by atoms with Crippen molar-refractivity contribution in [2.45, 2.75) is 24.9 Å². The average Bonchev–Trinajstić information content (AvgIpc) is 3.37. The predicted octanol–water partition coefficient (Wildman–Crippen LogP) is 4.01. The SMILES string of the molecule is COC1(F)C=C(c2cccc(Cl)c2)C(F)=CC1n1c2c(ccc1=O)CN(S(=O)(=O)Nc1ccon1)CC2. The summed E-state index contributed by atoms with van der Waals surface area (Å²) in [6, 6.07) is 8.86. The summed E-state index contributed by atoms with van der Waals surface area (Å²) < 4.78 is 71.6. The molecule has 0 saturated carbocycles. The van der Waals surface area contributed by atoms with E-state index in [9.17, 15) is 13.2 Å². The molecule has 194 valence electrons. The molecule has 1 aromatic carbocycles. The topological polar surface area (TPSA) is 107 Å². The zero-order valence-corrected chi connectivity index (χ0v) is 21.0. The fourth-order valence-corrected chi connectivity index (χ4v) is 5.86. The van der Waals surface area contributed by atoms with Crippen LogP contribution in [0.25, 0.3) is 5.57 Å². The van der Waals surface area contributed by atoms with Gasteiger partial charge in [-0.3, -0.25) is 14.1 Å². The van der Waals surface area contributed by atoms with Gasteiger partial charge in [0.05, 0.1) is 0 Å². The summed E-state index contributed by atoms with van der Waals surface area (Å²) in [5, 5.41) is 3.89. The van der Waals surface area contributed by atoms with E-state index >= 15 is 8.78 Å². The molecule has 2 aromatic heterocycles. The van der Waals surface area contributed by atoms with Crippen LogP contribution in [0, 0.1) is 0 Å². The third-order valence-electron chi connectivity index (χ3n) is 6.31. The molecule has 1 N–H and O–H groups in total. The number of hydrogen-bond donors (Lipinski definition) is 1. The summed E-state index contributed by atoms with van der Waals surface area (Å²) in [6.45, 7) is -0.115. The number of nitrogens with zero attached hydrogens (tertiary/aromatic N) is 3. The van der Waals surface area contributed by atoms with Crippen LogP contribution in [0.1, 0.15) is 22.9 Å². The summed E-state index contributed by atoms with van der Waals surface area (Å²) in [7, 11) is -2.87. The molecule has 0 fully saturated rings. The van der Waals surface area contributed by atoms with Gasteiger partial charge in [0.25, 0.3) is 11.4 Å². The Hall–Kier alpha value is -3.32. The van der Waals surface area contributed by atoms with Crippen LogP contribution < -0.4 is 10.3 Å². The number of halogens is 3. The van der Waals surface area contributed by atoms with Crippen molar-refractivity contribution in [3.8, 4) is 0 Å². The third-order valence-corrected chi connectivity index (χ3v) is 8.01. The molecule has 2 unspecified atom stereocenters. The van der Waals surface area contributed by atoms with Crippen molar-refractivity contribution in [2.75, 3.05) is 18.4 Å². The Morgan fingerprint density at radius 2 is 2.08 bits per heavy atom. The number of aromatic nitrogens is 2. The number of pyridine rings is 1. The zero-order valence-electron chi connectivity index (χ0n) is 19.4. The number of ether oxygens (including phenoxy) is 1. The summed E-state index contributed by atoms with van der Waals surface area (Å²) >= 11 is 6.03. The van der Waals surface area contributed by atoms with Crippen LogP contribution in [0.15, 0.2) is 76.0 Å². The summed E-state index contributed by atoms with van der Waals surface area (Å²) in [6.07, 6.45) is 3.29. The van der Waals surface area contributed by atoms with Crippen molar-refractivity contribution < 1.29 is 26.5 Å². The van der Waals surface area contributed by atoms with Crippen LogP contribution in [-0.2, 0) is 27.9 Å². The maximum absolute atomic E-state index is 16.3. The molecule has 3 heterocycles. The monoisotopic (exact) mass is 550 g/mol.